The van der Waals surface area contributed by atoms with E-state index in [1.807, 2.05) is 13.3 Å². The maximum absolute atomic E-state index is 11.7. The molecule has 0 radical (unpaired) electrons. The van der Waals surface area contributed by atoms with Gasteiger partial charge >= 0.3 is 0 Å². The van der Waals surface area contributed by atoms with E-state index in [1.54, 1.807) is 0 Å². The van der Waals surface area contributed by atoms with Crippen molar-refractivity contribution in [2.45, 2.75) is 57.5 Å². The highest BCUT2D eigenvalue weighted by molar-refractivity contribution is 5.07. The van der Waals surface area contributed by atoms with E-state index in [9.17, 15) is 4.79 Å². The molecule has 2 aliphatic rings. The number of hydrogen-bond acceptors (Lipinski definition) is 5. The Labute approximate surface area is 141 Å². The minimum absolute atomic E-state index is 0.0774. The van der Waals surface area contributed by atoms with Crippen LogP contribution in [0.5, 0.6) is 0 Å². The van der Waals surface area contributed by atoms with Gasteiger partial charge in [0.1, 0.15) is 18.0 Å². The summed E-state index contributed by atoms with van der Waals surface area (Å²) in [6.45, 7) is 5.94. The maximum atomic E-state index is 11.7. The van der Waals surface area contributed by atoms with Crippen LogP contribution >= 0.6 is 0 Å². The third-order valence-corrected chi connectivity index (χ3v) is 5.19. The van der Waals surface area contributed by atoms with E-state index in [4.69, 9.17) is 0 Å². The Morgan fingerprint density at radius 3 is 2.92 bits per heavy atom. The summed E-state index contributed by atoms with van der Waals surface area (Å²) in [6, 6.07) is 2.24. The summed E-state index contributed by atoms with van der Waals surface area (Å²) in [7, 11) is 0. The molecule has 7 heteroatoms. The van der Waals surface area contributed by atoms with Crippen LogP contribution in [0.25, 0.3) is 0 Å². The number of aryl methyl sites for hydroxylation is 1. The summed E-state index contributed by atoms with van der Waals surface area (Å²) in [5.41, 5.74) is 0.689. The molecule has 1 saturated carbocycles. The zero-order chi connectivity index (χ0) is 16.7. The highest BCUT2D eigenvalue weighted by Gasteiger charge is 2.33. The summed E-state index contributed by atoms with van der Waals surface area (Å²) >= 11 is 0. The fourth-order valence-corrected chi connectivity index (χ4v) is 3.72. The summed E-state index contributed by atoms with van der Waals surface area (Å²) < 4.78 is 2.27. The SMILES string of the molecule is Cc1cc(=O)[nH]c([C@@H](C)N2CCC[C@H](c3nncn3C3CC3)C2)n1. The fourth-order valence-electron chi connectivity index (χ4n) is 3.72. The lowest BCUT2D eigenvalue weighted by Gasteiger charge is -2.36. The molecule has 128 valence electrons. The Morgan fingerprint density at radius 1 is 1.33 bits per heavy atom. The van der Waals surface area contributed by atoms with Crippen LogP contribution in [0.15, 0.2) is 17.2 Å². The summed E-state index contributed by atoms with van der Waals surface area (Å²) in [6.07, 6.45) is 6.64. The predicted octanol–water partition coefficient (Wildman–Crippen LogP) is 1.95. The van der Waals surface area contributed by atoms with Crippen molar-refractivity contribution in [3.8, 4) is 0 Å². The van der Waals surface area contributed by atoms with E-state index in [1.165, 1.54) is 18.9 Å². The quantitative estimate of drug-likeness (QED) is 0.928. The third kappa shape index (κ3) is 3.00. The van der Waals surface area contributed by atoms with Crippen molar-refractivity contribution < 1.29 is 0 Å². The number of piperidine rings is 1. The molecule has 1 N–H and O–H groups in total. The van der Waals surface area contributed by atoms with E-state index in [0.717, 1.165) is 43.3 Å². The van der Waals surface area contributed by atoms with Crippen LogP contribution < -0.4 is 5.56 Å². The number of H-pyrrole nitrogens is 1. The van der Waals surface area contributed by atoms with E-state index in [0.29, 0.717) is 12.0 Å². The first kappa shape index (κ1) is 15.5. The van der Waals surface area contributed by atoms with Gasteiger partial charge in [-0.1, -0.05) is 0 Å². The molecule has 2 fully saturated rings. The molecule has 1 aliphatic carbocycles. The number of likely N-dealkylation sites (tertiary alicyclic amines) is 1. The van der Waals surface area contributed by atoms with Gasteiger partial charge in [-0.2, -0.15) is 0 Å². The Bertz CT molecular complexity index is 777. The molecule has 0 bridgehead atoms. The second-order valence-corrected chi connectivity index (χ2v) is 7.11. The molecular formula is C17H24N6O. The number of aromatic amines is 1. The van der Waals surface area contributed by atoms with Gasteiger partial charge in [-0.25, -0.2) is 4.98 Å². The minimum atomic E-state index is -0.0774. The number of hydrogen-bond donors (Lipinski definition) is 1. The summed E-state index contributed by atoms with van der Waals surface area (Å²) in [5.74, 6) is 2.28. The van der Waals surface area contributed by atoms with Crippen LogP contribution in [-0.2, 0) is 0 Å². The van der Waals surface area contributed by atoms with Gasteiger partial charge in [0.15, 0.2) is 0 Å². The molecule has 3 heterocycles. The van der Waals surface area contributed by atoms with Crippen LogP contribution in [0.3, 0.4) is 0 Å². The lowest BCUT2D eigenvalue weighted by Crippen LogP contribution is -2.38. The molecule has 1 aliphatic heterocycles. The van der Waals surface area contributed by atoms with Crippen molar-refractivity contribution in [1.29, 1.82) is 0 Å². The molecule has 2 aromatic rings. The second-order valence-electron chi connectivity index (χ2n) is 7.11. The van der Waals surface area contributed by atoms with Crippen LogP contribution in [0, 0.1) is 6.92 Å². The van der Waals surface area contributed by atoms with Gasteiger partial charge in [0.2, 0.25) is 0 Å². The van der Waals surface area contributed by atoms with Gasteiger partial charge in [-0.3, -0.25) is 9.69 Å². The normalized spacial score (nSPS) is 23.3. The highest BCUT2D eigenvalue weighted by Crippen LogP contribution is 2.38. The van der Waals surface area contributed by atoms with Gasteiger partial charge in [-0.05, 0) is 46.1 Å². The molecule has 2 aromatic heterocycles. The summed E-state index contributed by atoms with van der Waals surface area (Å²) in [4.78, 5) is 21.6. The van der Waals surface area contributed by atoms with Gasteiger partial charge in [-0.15, -0.1) is 10.2 Å². The number of nitrogens with one attached hydrogen (secondary N) is 1. The number of aromatic nitrogens is 5. The minimum Gasteiger partial charge on any atom is -0.314 e. The molecular weight excluding hydrogens is 304 g/mol. The van der Waals surface area contributed by atoms with Crippen molar-refractivity contribution >= 4 is 0 Å². The van der Waals surface area contributed by atoms with E-state index in [2.05, 4.69) is 36.6 Å². The van der Waals surface area contributed by atoms with Crippen molar-refractivity contribution in [2.24, 2.45) is 0 Å². The molecule has 24 heavy (non-hydrogen) atoms. The lowest BCUT2D eigenvalue weighted by atomic mass is 9.95. The van der Waals surface area contributed by atoms with Crippen LogP contribution in [0.4, 0.5) is 0 Å². The van der Waals surface area contributed by atoms with Crippen molar-refractivity contribution in [3.63, 3.8) is 0 Å². The summed E-state index contributed by atoms with van der Waals surface area (Å²) in [5, 5.41) is 8.55. The highest BCUT2D eigenvalue weighted by atomic mass is 16.1. The molecule has 2 atom stereocenters. The molecule has 0 amide bonds. The smallest absolute Gasteiger partial charge is 0.251 e. The van der Waals surface area contributed by atoms with Gasteiger partial charge in [0.25, 0.3) is 5.56 Å². The fraction of sp³-hybridized carbons (Fsp3) is 0.647. The number of rotatable bonds is 4. The van der Waals surface area contributed by atoms with Crippen LogP contribution in [0.2, 0.25) is 0 Å². The average molecular weight is 328 g/mol. The van der Waals surface area contributed by atoms with Crippen LogP contribution in [0.1, 0.15) is 68.0 Å². The first-order valence-corrected chi connectivity index (χ1v) is 8.83. The molecule has 1 saturated heterocycles. The molecule has 4 rings (SSSR count). The average Bonchev–Trinajstić information content (AvgIpc) is 3.30. The van der Waals surface area contributed by atoms with E-state index in [-0.39, 0.29) is 11.6 Å². The van der Waals surface area contributed by atoms with Gasteiger partial charge < -0.3 is 9.55 Å². The molecule has 0 aromatic carbocycles. The van der Waals surface area contributed by atoms with E-state index < -0.39 is 0 Å². The Morgan fingerprint density at radius 2 is 2.17 bits per heavy atom. The topological polar surface area (TPSA) is 79.7 Å². The zero-order valence-electron chi connectivity index (χ0n) is 14.3. The molecule has 7 nitrogen and oxygen atoms in total. The van der Waals surface area contributed by atoms with Gasteiger partial charge in [0, 0.05) is 30.3 Å². The lowest BCUT2D eigenvalue weighted by molar-refractivity contribution is 0.148. The van der Waals surface area contributed by atoms with Crippen molar-refractivity contribution in [2.75, 3.05) is 13.1 Å². The Hall–Kier alpha value is -2.02. The maximum Gasteiger partial charge on any atom is 0.251 e. The molecule has 0 unspecified atom stereocenters. The second kappa shape index (κ2) is 6.12. The largest absolute Gasteiger partial charge is 0.314 e. The Balaban J connectivity index is 1.53. The van der Waals surface area contributed by atoms with Crippen molar-refractivity contribution in [1.82, 2.24) is 29.6 Å². The van der Waals surface area contributed by atoms with Crippen molar-refractivity contribution in [3.05, 3.63) is 40.1 Å². The zero-order valence-corrected chi connectivity index (χ0v) is 14.3. The van der Waals surface area contributed by atoms with Crippen LogP contribution in [-0.4, -0.2) is 42.7 Å². The third-order valence-electron chi connectivity index (χ3n) is 5.19. The predicted molar refractivity (Wildman–Crippen MR) is 89.9 cm³/mol. The number of nitrogens with zero attached hydrogens (tertiary/aromatic N) is 5. The standard InChI is InChI=1S/C17H24N6O/c1-11-8-15(24)20-16(19-11)12(2)22-7-3-4-13(9-22)17-21-18-10-23(17)14-5-6-14/h8,10,12-14H,3-7,9H2,1-2H3,(H,19,20,24)/t12-,13+/m1/s1. The Kier molecular flexibility index (Phi) is 3.96. The first-order valence-electron chi connectivity index (χ1n) is 8.83. The molecule has 0 spiro atoms. The van der Waals surface area contributed by atoms with Gasteiger partial charge in [0.05, 0.1) is 6.04 Å². The monoisotopic (exact) mass is 328 g/mol. The van der Waals surface area contributed by atoms with E-state index >= 15 is 0 Å². The first-order chi connectivity index (χ1) is 11.6.